The average molecular weight is 320 g/mol. The van der Waals surface area contributed by atoms with Crippen LogP contribution in [0, 0.1) is 0 Å². The Balaban J connectivity index is 1.92. The van der Waals surface area contributed by atoms with Crippen LogP contribution in [0.4, 0.5) is 11.4 Å². The molecular formula is C16H24N4O3. The van der Waals surface area contributed by atoms with Crippen molar-refractivity contribution in [2.24, 2.45) is 0 Å². The number of rotatable bonds is 4. The highest BCUT2D eigenvalue weighted by Crippen LogP contribution is 2.19. The zero-order valence-corrected chi connectivity index (χ0v) is 13.7. The number of likely N-dealkylation sites (N-methyl/N-ethyl adjacent to an activating group) is 2. The molecule has 1 fully saturated rings. The van der Waals surface area contributed by atoms with Crippen LogP contribution in [0.15, 0.2) is 24.3 Å². The van der Waals surface area contributed by atoms with E-state index in [0.717, 1.165) is 31.9 Å². The van der Waals surface area contributed by atoms with Gasteiger partial charge in [0.1, 0.15) is 0 Å². The van der Waals surface area contributed by atoms with Gasteiger partial charge in [-0.15, -0.1) is 0 Å². The number of amides is 2. The Morgan fingerprint density at radius 2 is 1.78 bits per heavy atom. The Morgan fingerprint density at radius 3 is 2.35 bits per heavy atom. The van der Waals surface area contributed by atoms with Crippen LogP contribution < -0.4 is 10.2 Å². The molecule has 0 spiro atoms. The predicted molar refractivity (Wildman–Crippen MR) is 89.5 cm³/mol. The molecule has 7 nitrogen and oxygen atoms in total. The molecule has 0 radical (unpaired) electrons. The number of nitrogens with zero attached hydrogens (tertiary/aromatic N) is 3. The second-order valence-electron chi connectivity index (χ2n) is 5.74. The maximum atomic E-state index is 11.9. The molecule has 7 heteroatoms. The van der Waals surface area contributed by atoms with Gasteiger partial charge in [-0.3, -0.25) is 9.59 Å². The summed E-state index contributed by atoms with van der Waals surface area (Å²) in [6, 6.07) is 7.49. The van der Waals surface area contributed by atoms with Gasteiger partial charge < -0.3 is 25.1 Å². The van der Waals surface area contributed by atoms with Gasteiger partial charge in [-0.2, -0.15) is 0 Å². The summed E-state index contributed by atoms with van der Waals surface area (Å²) >= 11 is 0. The second kappa shape index (κ2) is 7.94. The molecule has 126 valence electrons. The van der Waals surface area contributed by atoms with Gasteiger partial charge in [0.2, 0.25) is 0 Å². The van der Waals surface area contributed by atoms with Crippen molar-refractivity contribution in [3.63, 3.8) is 0 Å². The molecule has 1 aliphatic heterocycles. The third-order valence-corrected chi connectivity index (χ3v) is 3.97. The van der Waals surface area contributed by atoms with Gasteiger partial charge in [0.25, 0.3) is 0 Å². The molecule has 2 N–H and O–H groups in total. The summed E-state index contributed by atoms with van der Waals surface area (Å²) < 4.78 is 0. The fourth-order valence-electron chi connectivity index (χ4n) is 2.43. The molecule has 0 aliphatic carbocycles. The summed E-state index contributed by atoms with van der Waals surface area (Å²) in [5, 5.41) is 11.4. The Hall–Kier alpha value is -2.12. The Kier molecular flexibility index (Phi) is 5.95. The number of piperazine rings is 1. The molecule has 1 aromatic carbocycles. The van der Waals surface area contributed by atoms with E-state index in [1.54, 1.807) is 12.1 Å². The number of carbonyl (C=O) groups is 2. The lowest BCUT2D eigenvalue weighted by atomic mass is 10.2. The lowest BCUT2D eigenvalue weighted by Gasteiger charge is -2.34. The van der Waals surface area contributed by atoms with Gasteiger partial charge in [-0.05, 0) is 31.3 Å². The molecule has 0 aromatic heterocycles. The zero-order chi connectivity index (χ0) is 16.8. The van der Waals surface area contributed by atoms with E-state index in [4.69, 9.17) is 5.11 Å². The van der Waals surface area contributed by atoms with Crippen molar-refractivity contribution >= 4 is 23.2 Å². The van der Waals surface area contributed by atoms with Crippen molar-refractivity contribution in [2.75, 3.05) is 63.6 Å². The van der Waals surface area contributed by atoms with E-state index in [1.807, 2.05) is 12.1 Å². The summed E-state index contributed by atoms with van der Waals surface area (Å²) in [6.45, 7) is 3.98. The summed E-state index contributed by atoms with van der Waals surface area (Å²) in [6.07, 6.45) is 0. The molecule has 1 aromatic rings. The van der Waals surface area contributed by atoms with Gasteiger partial charge >= 0.3 is 11.8 Å². The highest BCUT2D eigenvalue weighted by Gasteiger charge is 2.18. The number of aliphatic hydroxyl groups is 1. The van der Waals surface area contributed by atoms with Crippen LogP contribution in [0.1, 0.15) is 0 Å². The normalized spacial score (nSPS) is 15.3. The van der Waals surface area contributed by atoms with E-state index in [0.29, 0.717) is 5.69 Å². The third-order valence-electron chi connectivity index (χ3n) is 3.97. The van der Waals surface area contributed by atoms with E-state index in [1.165, 1.54) is 11.9 Å². The van der Waals surface area contributed by atoms with E-state index < -0.39 is 11.8 Å². The monoisotopic (exact) mass is 320 g/mol. The molecule has 2 rings (SSSR count). The number of hydrogen-bond donors (Lipinski definition) is 2. The summed E-state index contributed by atoms with van der Waals surface area (Å²) in [5.41, 5.74) is 1.69. The number of benzene rings is 1. The van der Waals surface area contributed by atoms with Crippen LogP contribution in [-0.2, 0) is 9.59 Å². The highest BCUT2D eigenvalue weighted by atomic mass is 16.3. The summed E-state index contributed by atoms with van der Waals surface area (Å²) in [4.78, 5) is 29.4. The van der Waals surface area contributed by atoms with Gasteiger partial charge in [0.05, 0.1) is 6.61 Å². The number of carbonyl (C=O) groups excluding carboxylic acids is 2. The van der Waals surface area contributed by atoms with Crippen molar-refractivity contribution in [1.82, 2.24) is 9.80 Å². The number of nitrogens with one attached hydrogen (secondary N) is 1. The lowest BCUT2D eigenvalue weighted by Crippen LogP contribution is -2.44. The second-order valence-corrected chi connectivity index (χ2v) is 5.74. The highest BCUT2D eigenvalue weighted by molar-refractivity contribution is 6.39. The van der Waals surface area contributed by atoms with Gasteiger partial charge in [-0.25, -0.2) is 0 Å². The molecule has 1 aliphatic rings. The smallest absolute Gasteiger partial charge is 0.313 e. The quantitative estimate of drug-likeness (QED) is 0.753. The maximum absolute atomic E-state index is 11.9. The average Bonchev–Trinajstić information content (AvgIpc) is 2.56. The van der Waals surface area contributed by atoms with Gasteiger partial charge in [-0.1, -0.05) is 0 Å². The Morgan fingerprint density at radius 1 is 1.17 bits per heavy atom. The topological polar surface area (TPSA) is 76.1 Å². The van der Waals surface area contributed by atoms with Crippen LogP contribution in [0.5, 0.6) is 0 Å². The van der Waals surface area contributed by atoms with Gasteiger partial charge in [0.15, 0.2) is 0 Å². The van der Waals surface area contributed by atoms with Crippen LogP contribution in [0.3, 0.4) is 0 Å². The van der Waals surface area contributed by atoms with E-state index in [2.05, 4.69) is 22.2 Å². The molecule has 0 bridgehead atoms. The molecule has 1 saturated heterocycles. The number of anilines is 2. The van der Waals surface area contributed by atoms with E-state index in [9.17, 15) is 9.59 Å². The van der Waals surface area contributed by atoms with Crippen LogP contribution >= 0.6 is 0 Å². The van der Waals surface area contributed by atoms with E-state index >= 15 is 0 Å². The minimum atomic E-state index is -0.701. The molecule has 0 unspecified atom stereocenters. The van der Waals surface area contributed by atoms with Crippen LogP contribution in [0.25, 0.3) is 0 Å². The molecule has 1 heterocycles. The Bertz CT molecular complexity index is 539. The molecule has 23 heavy (non-hydrogen) atoms. The minimum absolute atomic E-state index is 0.134. The van der Waals surface area contributed by atoms with Crippen LogP contribution in [-0.4, -0.2) is 80.1 Å². The molecule has 0 atom stereocenters. The maximum Gasteiger partial charge on any atom is 0.313 e. The molecule has 0 saturated carbocycles. The van der Waals surface area contributed by atoms with Crippen molar-refractivity contribution < 1.29 is 14.7 Å². The van der Waals surface area contributed by atoms with E-state index in [-0.39, 0.29) is 13.2 Å². The molecule has 2 amide bonds. The largest absolute Gasteiger partial charge is 0.395 e. The van der Waals surface area contributed by atoms with Crippen molar-refractivity contribution in [1.29, 1.82) is 0 Å². The SMILES string of the molecule is CN1CCN(c2ccc(NC(=O)C(=O)N(C)CCO)cc2)CC1. The first kappa shape index (κ1) is 17.2. The predicted octanol–water partition coefficient (Wildman–Crippen LogP) is -0.172. The fraction of sp³-hybridized carbons (Fsp3) is 0.500. The fourth-order valence-corrected chi connectivity index (χ4v) is 2.43. The summed E-state index contributed by atoms with van der Waals surface area (Å²) in [5.74, 6) is -1.37. The standard InChI is InChI=1S/C16H24N4O3/c1-18-7-9-20(10-8-18)14-5-3-13(4-6-14)17-15(22)16(23)19(2)11-12-21/h3-6,21H,7-12H2,1-2H3,(H,17,22). The van der Waals surface area contributed by atoms with Crippen molar-refractivity contribution in [3.8, 4) is 0 Å². The first-order valence-electron chi connectivity index (χ1n) is 7.72. The zero-order valence-electron chi connectivity index (χ0n) is 13.7. The number of hydrogen-bond acceptors (Lipinski definition) is 5. The number of aliphatic hydroxyl groups excluding tert-OH is 1. The molecular weight excluding hydrogens is 296 g/mol. The Labute approximate surface area is 136 Å². The summed E-state index contributed by atoms with van der Waals surface area (Å²) in [7, 11) is 3.59. The minimum Gasteiger partial charge on any atom is -0.395 e. The van der Waals surface area contributed by atoms with Gasteiger partial charge in [0, 0.05) is 51.1 Å². The lowest BCUT2D eigenvalue weighted by molar-refractivity contribution is -0.142. The third kappa shape index (κ3) is 4.67. The van der Waals surface area contributed by atoms with Crippen molar-refractivity contribution in [3.05, 3.63) is 24.3 Å². The van der Waals surface area contributed by atoms with Crippen LogP contribution in [0.2, 0.25) is 0 Å². The first-order chi connectivity index (χ1) is 11.0. The van der Waals surface area contributed by atoms with Crippen molar-refractivity contribution in [2.45, 2.75) is 0 Å². The first-order valence-corrected chi connectivity index (χ1v) is 7.72.